The van der Waals surface area contributed by atoms with E-state index in [1.165, 1.54) is 4.90 Å². The number of benzene rings is 4. The number of halogens is 1. The summed E-state index contributed by atoms with van der Waals surface area (Å²) in [6.07, 6.45) is 4.46. The zero-order chi connectivity index (χ0) is 47.9. The van der Waals surface area contributed by atoms with Crippen LogP contribution in [0.5, 0.6) is 5.75 Å². The quantitative estimate of drug-likeness (QED) is 0.0682. The lowest BCUT2D eigenvalue weighted by Crippen LogP contribution is -2.58. The number of likely N-dealkylation sites (tertiary alicyclic amines) is 1. The molecule has 5 aromatic rings. The molecule has 0 radical (unpaired) electrons. The summed E-state index contributed by atoms with van der Waals surface area (Å²) in [4.78, 5) is 64.1. The monoisotopic (exact) mass is 959 g/mol. The Bertz CT molecular complexity index is 2630. The zero-order valence-corrected chi connectivity index (χ0v) is 40.6. The van der Waals surface area contributed by atoms with Crippen molar-refractivity contribution in [1.29, 1.82) is 5.26 Å². The van der Waals surface area contributed by atoms with Crippen LogP contribution in [0.1, 0.15) is 71.4 Å². The van der Waals surface area contributed by atoms with Crippen LogP contribution in [0.2, 0.25) is 5.02 Å². The van der Waals surface area contributed by atoms with E-state index in [2.05, 4.69) is 15.6 Å². The van der Waals surface area contributed by atoms with Gasteiger partial charge < -0.3 is 29.9 Å². The Hall–Kier alpha value is -6.18. The molecule has 0 saturated carbocycles. The van der Waals surface area contributed by atoms with E-state index in [-0.39, 0.29) is 29.4 Å². The topological polar surface area (TPSA) is 157 Å². The average molecular weight is 961 g/mol. The Balaban J connectivity index is 0.822. The fourth-order valence-corrected chi connectivity index (χ4v) is 9.54. The fourth-order valence-electron chi connectivity index (χ4n) is 8.17. The Morgan fingerprint density at radius 2 is 1.61 bits per heavy atom. The molecule has 2 N–H and O–H groups in total. The van der Waals surface area contributed by atoms with Gasteiger partial charge in [-0.2, -0.15) is 5.26 Å². The predicted octanol–water partition coefficient (Wildman–Crippen LogP) is 8.93. The number of carbonyl (C=O) groups is 4. The molecule has 2 aliphatic rings. The summed E-state index contributed by atoms with van der Waals surface area (Å²) < 4.78 is 11.7. The number of nitriles is 1. The van der Waals surface area contributed by atoms with E-state index < -0.39 is 28.9 Å². The Morgan fingerprint density at radius 3 is 2.25 bits per heavy atom. The third-order valence-electron chi connectivity index (χ3n) is 11.9. The molecule has 16 heteroatoms. The van der Waals surface area contributed by atoms with Crippen LogP contribution >= 0.6 is 35.2 Å². The lowest BCUT2D eigenvalue weighted by molar-refractivity contribution is -0.144. The molecule has 4 amide bonds. The number of thiazole rings is 1. The number of ether oxygens (including phenoxy) is 2. The molecule has 67 heavy (non-hydrogen) atoms. The van der Waals surface area contributed by atoms with Crippen molar-refractivity contribution >= 4 is 75.3 Å². The standard InChI is InChI=1S/C51H54ClN7O6S2/c1-50(2,3)45(47(62)57-24-8-9-42(57)46(61)55-29-33-10-12-36(13-11-33)43-30-54-32-67-43)56-44(60)31-64-25-6-7-26-65-40-22-17-35(18-23-40)34-14-19-38(20-15-34)59-49(66)58(48(63)51(59,4)5)39-21-16-37(28-53)41(52)27-39/h10-23,27,30,32,42,45H,6-9,24-26,29,31H2,1-5H3,(H,55,61)(H,56,60)/t42-,45+/m0/s1. The first-order chi connectivity index (χ1) is 32.1. The van der Waals surface area contributed by atoms with Crippen molar-refractivity contribution in [2.75, 3.05) is 36.2 Å². The van der Waals surface area contributed by atoms with Crippen LogP contribution in [0, 0.1) is 16.7 Å². The van der Waals surface area contributed by atoms with E-state index >= 15 is 0 Å². The Kier molecular flexibility index (Phi) is 15.4. The van der Waals surface area contributed by atoms with E-state index in [1.807, 2.05) is 125 Å². The molecule has 4 aromatic carbocycles. The first-order valence-electron chi connectivity index (χ1n) is 22.2. The van der Waals surface area contributed by atoms with Gasteiger partial charge in [0.1, 0.15) is 36.0 Å². The molecule has 2 saturated heterocycles. The maximum absolute atomic E-state index is 13.9. The molecule has 1 aromatic heterocycles. The van der Waals surface area contributed by atoms with Crippen molar-refractivity contribution in [2.45, 2.75) is 84.5 Å². The molecule has 2 atom stereocenters. The van der Waals surface area contributed by atoms with Crippen LogP contribution in [-0.2, 0) is 30.5 Å². The third kappa shape index (κ3) is 11.3. The summed E-state index contributed by atoms with van der Waals surface area (Å²) in [6, 6.07) is 29.0. The zero-order valence-electron chi connectivity index (χ0n) is 38.2. The van der Waals surface area contributed by atoms with Crippen LogP contribution in [0.25, 0.3) is 21.6 Å². The minimum Gasteiger partial charge on any atom is -0.494 e. The van der Waals surface area contributed by atoms with E-state index in [0.717, 1.165) is 38.6 Å². The number of nitrogens with zero attached hydrogens (tertiary/aromatic N) is 5. The summed E-state index contributed by atoms with van der Waals surface area (Å²) >= 11 is 13.7. The van der Waals surface area contributed by atoms with Gasteiger partial charge in [-0.05, 0) is 122 Å². The minimum absolute atomic E-state index is 0.193. The number of thiocarbonyl (C=S) groups is 1. The van der Waals surface area contributed by atoms with Gasteiger partial charge in [-0.15, -0.1) is 11.3 Å². The number of unbranched alkanes of at least 4 members (excludes halogenated alkanes) is 1. The SMILES string of the molecule is CC(C)(C)[C@H](NC(=O)COCCCCOc1ccc(-c2ccc(N3C(=S)N(c4ccc(C#N)c(Cl)c4)C(=O)C3(C)C)cc2)cc1)C(=O)N1CCC[C@H]1C(=O)NCc1ccc(-c2cncs2)cc1. The summed E-state index contributed by atoms with van der Waals surface area (Å²) in [6.45, 7) is 10.7. The molecule has 0 bridgehead atoms. The van der Waals surface area contributed by atoms with E-state index in [0.29, 0.717) is 68.3 Å². The van der Waals surface area contributed by atoms with Crippen LogP contribution in [0.4, 0.5) is 11.4 Å². The normalized spacial score (nSPS) is 16.2. The van der Waals surface area contributed by atoms with Crippen LogP contribution in [0.15, 0.2) is 103 Å². The van der Waals surface area contributed by atoms with E-state index in [1.54, 1.807) is 39.9 Å². The molecule has 0 unspecified atom stereocenters. The van der Waals surface area contributed by atoms with Gasteiger partial charge >= 0.3 is 0 Å². The molecular formula is C51H54ClN7O6S2. The minimum atomic E-state index is -0.962. The molecule has 0 spiro atoms. The second kappa shape index (κ2) is 21.2. The first-order valence-corrected chi connectivity index (χ1v) is 23.9. The lowest BCUT2D eigenvalue weighted by Gasteiger charge is -2.35. The molecule has 2 fully saturated rings. The Labute approximate surface area is 406 Å². The highest BCUT2D eigenvalue weighted by Crippen LogP contribution is 2.38. The first kappa shape index (κ1) is 48.7. The molecule has 348 valence electrons. The van der Waals surface area contributed by atoms with Crippen LogP contribution in [-0.4, -0.2) is 82.6 Å². The predicted molar refractivity (Wildman–Crippen MR) is 266 cm³/mol. The maximum Gasteiger partial charge on any atom is 0.259 e. The van der Waals surface area contributed by atoms with E-state index in [9.17, 15) is 24.4 Å². The highest BCUT2D eigenvalue weighted by Gasteiger charge is 2.50. The van der Waals surface area contributed by atoms with Crippen molar-refractivity contribution in [3.63, 3.8) is 0 Å². The van der Waals surface area contributed by atoms with Crippen LogP contribution < -0.4 is 25.2 Å². The summed E-state index contributed by atoms with van der Waals surface area (Å²) in [5.41, 5.74) is 5.79. The summed E-state index contributed by atoms with van der Waals surface area (Å²) in [5, 5.41) is 15.7. The number of rotatable bonds is 17. The molecule has 13 nitrogen and oxygen atoms in total. The van der Waals surface area contributed by atoms with E-state index in [4.69, 9.17) is 33.3 Å². The van der Waals surface area contributed by atoms with Gasteiger partial charge in [0, 0.05) is 31.6 Å². The van der Waals surface area contributed by atoms with Gasteiger partial charge in [-0.1, -0.05) is 80.9 Å². The number of aromatic nitrogens is 1. The molecule has 2 aliphatic heterocycles. The molecule has 0 aliphatic carbocycles. The van der Waals surface area contributed by atoms with Gasteiger partial charge in [-0.25, -0.2) is 0 Å². The lowest BCUT2D eigenvalue weighted by atomic mass is 9.85. The third-order valence-corrected chi connectivity index (χ3v) is 13.4. The van der Waals surface area contributed by atoms with Crippen molar-refractivity contribution in [3.05, 3.63) is 119 Å². The van der Waals surface area contributed by atoms with Gasteiger partial charge in [0.05, 0.1) is 33.3 Å². The number of amides is 4. The second-order valence-corrected chi connectivity index (χ2v) is 19.8. The largest absolute Gasteiger partial charge is 0.494 e. The van der Waals surface area contributed by atoms with Crippen LogP contribution in [0.3, 0.4) is 0 Å². The van der Waals surface area contributed by atoms with Gasteiger partial charge in [0.25, 0.3) is 5.91 Å². The fraction of sp³-hybridized carbons (Fsp3) is 0.353. The summed E-state index contributed by atoms with van der Waals surface area (Å²) in [5.74, 6) is -0.357. The Morgan fingerprint density at radius 1 is 0.955 bits per heavy atom. The summed E-state index contributed by atoms with van der Waals surface area (Å²) in [7, 11) is 0. The van der Waals surface area contributed by atoms with Gasteiger partial charge in [-0.3, -0.25) is 29.1 Å². The molecular weight excluding hydrogens is 906 g/mol. The highest BCUT2D eigenvalue weighted by molar-refractivity contribution is 7.81. The smallest absolute Gasteiger partial charge is 0.259 e. The van der Waals surface area contributed by atoms with Crippen molar-refractivity contribution in [1.82, 2.24) is 20.5 Å². The number of anilines is 2. The number of hydrogen-bond donors (Lipinski definition) is 2. The number of hydrogen-bond acceptors (Lipinski definition) is 10. The highest BCUT2D eigenvalue weighted by atomic mass is 35.5. The number of carbonyl (C=O) groups excluding carboxylic acids is 4. The van der Waals surface area contributed by atoms with Gasteiger partial charge in [0.2, 0.25) is 17.7 Å². The molecule has 7 rings (SSSR count). The number of nitrogens with one attached hydrogen (secondary N) is 2. The maximum atomic E-state index is 13.9. The second-order valence-electron chi connectivity index (χ2n) is 18.1. The van der Waals surface area contributed by atoms with Gasteiger partial charge in [0.15, 0.2) is 5.11 Å². The van der Waals surface area contributed by atoms with Crippen molar-refractivity contribution < 1.29 is 28.7 Å². The van der Waals surface area contributed by atoms with Crippen molar-refractivity contribution in [2.24, 2.45) is 5.41 Å². The van der Waals surface area contributed by atoms with Crippen molar-refractivity contribution in [3.8, 4) is 33.4 Å². The molecule has 3 heterocycles. The average Bonchev–Trinajstić information content (AvgIpc) is 4.07.